The van der Waals surface area contributed by atoms with Crippen LogP contribution in [0.5, 0.6) is 0 Å². The van der Waals surface area contributed by atoms with Crippen LogP contribution >= 0.6 is 27.7 Å². The molecule has 0 spiro atoms. The summed E-state index contributed by atoms with van der Waals surface area (Å²) in [5.41, 5.74) is -0.306. The van der Waals surface area contributed by atoms with Crippen molar-refractivity contribution < 1.29 is 17.6 Å². The number of alkyl halides is 3. The number of hydrogen-bond acceptors (Lipinski definition) is 5. The molecule has 0 aliphatic rings. The lowest BCUT2D eigenvalue weighted by Gasteiger charge is -2.04. The van der Waals surface area contributed by atoms with Crippen LogP contribution in [0, 0.1) is 0 Å². The minimum atomic E-state index is -4.47. The number of pyridine rings is 2. The Hall–Kier alpha value is -1.61. The van der Waals surface area contributed by atoms with Gasteiger partial charge in [-0.1, -0.05) is 6.92 Å². The van der Waals surface area contributed by atoms with Crippen molar-refractivity contribution >= 4 is 38.9 Å². The Morgan fingerprint density at radius 1 is 1.26 bits per heavy atom. The average molecular weight is 404 g/mol. The molecule has 23 heavy (non-hydrogen) atoms. The Labute approximate surface area is 141 Å². The van der Waals surface area contributed by atoms with Crippen LogP contribution in [0.25, 0.3) is 22.8 Å². The standard InChI is InChI=1S/C14H9BrF3N3OS/c1-2-23-9-3-4-10(15)21-11(9)13-20-8-5-7(14(16,17)18)6-19-12(8)22-13/h3-6H,2H2,1H3. The normalized spacial score (nSPS) is 12.0. The summed E-state index contributed by atoms with van der Waals surface area (Å²) in [5, 5.41) is 0. The van der Waals surface area contributed by atoms with Gasteiger partial charge in [-0.15, -0.1) is 11.8 Å². The predicted octanol–water partition coefficient (Wildman–Crippen LogP) is 5.18. The van der Waals surface area contributed by atoms with Crippen molar-refractivity contribution in [3.05, 3.63) is 34.6 Å². The molecule has 0 N–H and O–H groups in total. The first-order chi connectivity index (χ1) is 10.9. The van der Waals surface area contributed by atoms with E-state index in [1.807, 2.05) is 13.0 Å². The van der Waals surface area contributed by atoms with Gasteiger partial charge in [-0.05, 0) is 39.9 Å². The maximum atomic E-state index is 12.7. The van der Waals surface area contributed by atoms with Crippen LogP contribution in [0.4, 0.5) is 13.2 Å². The second kappa shape index (κ2) is 6.12. The Balaban J connectivity index is 2.12. The van der Waals surface area contributed by atoms with Crippen LogP contribution in [0.3, 0.4) is 0 Å². The van der Waals surface area contributed by atoms with Crippen LogP contribution in [0.15, 0.2) is 38.3 Å². The number of rotatable bonds is 3. The van der Waals surface area contributed by atoms with Gasteiger partial charge in [-0.3, -0.25) is 0 Å². The maximum Gasteiger partial charge on any atom is 0.417 e. The number of aromatic nitrogens is 3. The smallest absolute Gasteiger partial charge is 0.416 e. The summed E-state index contributed by atoms with van der Waals surface area (Å²) < 4.78 is 44.3. The number of oxazole rings is 1. The minimum absolute atomic E-state index is 0.0437. The van der Waals surface area contributed by atoms with Crippen LogP contribution in [0.2, 0.25) is 0 Å². The number of halogens is 4. The van der Waals surface area contributed by atoms with E-state index in [1.54, 1.807) is 6.07 Å². The fourth-order valence-electron chi connectivity index (χ4n) is 1.93. The molecular weight excluding hydrogens is 395 g/mol. The van der Waals surface area contributed by atoms with Crippen molar-refractivity contribution in [3.8, 4) is 11.6 Å². The monoisotopic (exact) mass is 403 g/mol. The predicted molar refractivity (Wildman–Crippen MR) is 84.1 cm³/mol. The van der Waals surface area contributed by atoms with E-state index in [4.69, 9.17) is 4.42 Å². The molecule has 3 rings (SSSR count). The fourth-order valence-corrected chi connectivity index (χ4v) is 2.98. The molecule has 0 aromatic carbocycles. The second-order valence-corrected chi connectivity index (χ2v) is 6.60. The van der Waals surface area contributed by atoms with Gasteiger partial charge in [0, 0.05) is 11.1 Å². The summed E-state index contributed by atoms with van der Waals surface area (Å²) in [6.07, 6.45) is -3.75. The highest BCUT2D eigenvalue weighted by Gasteiger charge is 2.32. The van der Waals surface area contributed by atoms with Crippen LogP contribution in [0.1, 0.15) is 12.5 Å². The van der Waals surface area contributed by atoms with E-state index >= 15 is 0 Å². The Morgan fingerprint density at radius 3 is 2.74 bits per heavy atom. The Kier molecular flexibility index (Phi) is 4.33. The summed E-state index contributed by atoms with van der Waals surface area (Å²) in [5.74, 6) is 0.955. The van der Waals surface area contributed by atoms with Crippen molar-refractivity contribution in [2.45, 2.75) is 18.0 Å². The molecule has 4 nitrogen and oxygen atoms in total. The molecule has 3 aromatic heterocycles. The van der Waals surface area contributed by atoms with Gasteiger partial charge in [-0.25, -0.2) is 15.0 Å². The van der Waals surface area contributed by atoms with Crippen LogP contribution in [-0.4, -0.2) is 20.7 Å². The largest absolute Gasteiger partial charge is 0.417 e. The molecule has 0 aliphatic carbocycles. The van der Waals surface area contributed by atoms with Crippen LogP contribution < -0.4 is 0 Å². The van der Waals surface area contributed by atoms with E-state index in [0.717, 1.165) is 22.9 Å². The van der Waals surface area contributed by atoms with E-state index in [-0.39, 0.29) is 17.1 Å². The van der Waals surface area contributed by atoms with Gasteiger partial charge in [0.1, 0.15) is 15.8 Å². The van der Waals surface area contributed by atoms with Gasteiger partial charge in [0.05, 0.1) is 5.56 Å². The number of thioether (sulfide) groups is 1. The lowest BCUT2D eigenvalue weighted by molar-refractivity contribution is -0.137. The zero-order valence-electron chi connectivity index (χ0n) is 11.7. The van der Waals surface area contributed by atoms with Crippen LogP contribution in [-0.2, 0) is 6.18 Å². The van der Waals surface area contributed by atoms with Crippen molar-refractivity contribution in [1.29, 1.82) is 0 Å². The van der Waals surface area contributed by atoms with Crippen molar-refractivity contribution in [1.82, 2.24) is 15.0 Å². The van der Waals surface area contributed by atoms with Crippen molar-refractivity contribution in [2.24, 2.45) is 0 Å². The highest BCUT2D eigenvalue weighted by Crippen LogP contribution is 2.34. The van der Waals surface area contributed by atoms with E-state index in [2.05, 4.69) is 30.9 Å². The lowest BCUT2D eigenvalue weighted by atomic mass is 10.2. The molecule has 0 amide bonds. The van der Waals surface area contributed by atoms with Gasteiger partial charge in [0.25, 0.3) is 0 Å². The third-order valence-corrected chi connectivity index (χ3v) is 4.27. The minimum Gasteiger partial charge on any atom is -0.416 e. The Bertz CT molecular complexity index is 866. The van der Waals surface area contributed by atoms with Crippen molar-refractivity contribution in [3.63, 3.8) is 0 Å². The first-order valence-corrected chi connectivity index (χ1v) is 8.30. The molecule has 120 valence electrons. The molecule has 0 saturated heterocycles. The fraction of sp³-hybridized carbons (Fsp3) is 0.214. The number of nitrogens with zero attached hydrogens (tertiary/aromatic N) is 3. The van der Waals surface area contributed by atoms with Crippen molar-refractivity contribution in [2.75, 3.05) is 5.75 Å². The average Bonchev–Trinajstić information content (AvgIpc) is 2.91. The quantitative estimate of drug-likeness (QED) is 0.445. The molecule has 3 aromatic rings. The third-order valence-electron chi connectivity index (χ3n) is 2.90. The third kappa shape index (κ3) is 3.35. The highest BCUT2D eigenvalue weighted by atomic mass is 79.9. The summed E-state index contributed by atoms with van der Waals surface area (Å²) in [7, 11) is 0. The Morgan fingerprint density at radius 2 is 2.04 bits per heavy atom. The molecule has 9 heteroatoms. The molecule has 0 aliphatic heterocycles. The first-order valence-electron chi connectivity index (χ1n) is 6.52. The molecule has 0 saturated carbocycles. The lowest BCUT2D eigenvalue weighted by Crippen LogP contribution is -2.04. The maximum absolute atomic E-state index is 12.7. The molecule has 0 bridgehead atoms. The summed E-state index contributed by atoms with van der Waals surface area (Å²) in [6, 6.07) is 4.55. The SMILES string of the molecule is CCSc1ccc(Br)nc1-c1nc2cc(C(F)(F)F)cnc2o1. The van der Waals surface area contributed by atoms with Gasteiger partial charge in [0.15, 0.2) is 0 Å². The van der Waals surface area contributed by atoms with Gasteiger partial charge >= 0.3 is 6.18 Å². The molecular formula is C14H9BrF3N3OS. The molecule has 0 atom stereocenters. The second-order valence-electron chi connectivity index (χ2n) is 4.48. The molecule has 0 fully saturated rings. The van der Waals surface area contributed by atoms with Gasteiger partial charge in [0.2, 0.25) is 11.6 Å². The van der Waals surface area contributed by atoms with E-state index in [9.17, 15) is 13.2 Å². The summed E-state index contributed by atoms with van der Waals surface area (Å²) in [4.78, 5) is 13.0. The zero-order valence-corrected chi connectivity index (χ0v) is 14.1. The first kappa shape index (κ1) is 16.3. The van der Waals surface area contributed by atoms with E-state index in [0.29, 0.717) is 10.3 Å². The zero-order chi connectivity index (χ0) is 16.6. The molecule has 0 unspecified atom stereocenters. The number of hydrogen-bond donors (Lipinski definition) is 0. The summed E-state index contributed by atoms with van der Waals surface area (Å²) in [6.45, 7) is 1.99. The van der Waals surface area contributed by atoms with Gasteiger partial charge < -0.3 is 4.42 Å². The highest BCUT2D eigenvalue weighted by molar-refractivity contribution is 9.10. The summed E-state index contributed by atoms with van der Waals surface area (Å²) >= 11 is 4.81. The molecule has 3 heterocycles. The molecule has 0 radical (unpaired) electrons. The number of fused-ring (bicyclic) bond motifs is 1. The van der Waals surface area contributed by atoms with E-state index < -0.39 is 11.7 Å². The van der Waals surface area contributed by atoms with Gasteiger partial charge in [-0.2, -0.15) is 13.2 Å². The topological polar surface area (TPSA) is 51.8 Å². The van der Waals surface area contributed by atoms with E-state index in [1.165, 1.54) is 11.8 Å².